The van der Waals surface area contributed by atoms with E-state index in [2.05, 4.69) is 10.1 Å². The smallest absolute Gasteiger partial charge is 0.371 e. The summed E-state index contributed by atoms with van der Waals surface area (Å²) in [5.74, 6) is -0.724. The van der Waals surface area contributed by atoms with Crippen molar-refractivity contribution in [2.24, 2.45) is 5.16 Å². The van der Waals surface area contributed by atoms with Crippen molar-refractivity contribution in [3.63, 3.8) is 0 Å². The van der Waals surface area contributed by atoms with Crippen LogP contribution >= 0.6 is 0 Å². The molecule has 4 rings (SSSR count). The third-order valence-electron chi connectivity index (χ3n) is 4.36. The average molecular weight is 334 g/mol. The van der Waals surface area contributed by atoms with Crippen LogP contribution in [0.3, 0.4) is 0 Å². The lowest BCUT2D eigenvalue weighted by Crippen LogP contribution is -1.94. The highest BCUT2D eigenvalue weighted by molar-refractivity contribution is 6.04. The van der Waals surface area contributed by atoms with Gasteiger partial charge < -0.3 is 14.7 Å². The molecule has 6 nitrogen and oxygen atoms in total. The first-order chi connectivity index (χ1) is 12.2. The van der Waals surface area contributed by atoms with E-state index in [4.69, 9.17) is 9.62 Å². The van der Waals surface area contributed by atoms with Gasteiger partial charge in [-0.15, -0.1) is 0 Å². The van der Waals surface area contributed by atoms with Crippen LogP contribution in [0.4, 0.5) is 0 Å². The minimum atomic E-state index is -1.11. The number of oxime groups is 1. The first kappa shape index (κ1) is 15.1. The molecule has 0 spiro atoms. The Morgan fingerprint density at radius 1 is 1.04 bits per heavy atom. The summed E-state index contributed by atoms with van der Waals surface area (Å²) in [7, 11) is 0. The zero-order chi connectivity index (χ0) is 17.4. The fraction of sp³-hybridized carbons (Fsp3) is 0.105. The summed E-state index contributed by atoms with van der Waals surface area (Å²) in [5.41, 5.74) is 4.97. The normalized spacial score (nSPS) is 14.6. The molecule has 6 heteroatoms. The number of aromatic nitrogens is 1. The molecular formula is C19H14N2O4. The van der Waals surface area contributed by atoms with Crippen LogP contribution < -0.4 is 0 Å². The third kappa shape index (κ3) is 2.57. The van der Waals surface area contributed by atoms with Crippen LogP contribution in [-0.2, 0) is 6.42 Å². The highest BCUT2D eigenvalue weighted by atomic mass is 16.4. The summed E-state index contributed by atoms with van der Waals surface area (Å²) in [4.78, 5) is 15.3. The first-order valence-electron chi connectivity index (χ1n) is 7.79. The molecule has 1 aliphatic carbocycles. The Balaban J connectivity index is 1.87. The van der Waals surface area contributed by atoms with Gasteiger partial charge in [-0.3, -0.25) is 4.98 Å². The lowest BCUT2D eigenvalue weighted by molar-refractivity contribution is 0.0663. The topological polar surface area (TPSA) is 95.9 Å². The molecule has 124 valence electrons. The van der Waals surface area contributed by atoms with Gasteiger partial charge in [0.1, 0.15) is 5.76 Å². The number of aryl methyl sites for hydroxylation is 1. The number of hydrogen-bond acceptors (Lipinski definition) is 5. The van der Waals surface area contributed by atoms with Crippen molar-refractivity contribution in [2.75, 3.05) is 0 Å². The molecule has 0 atom stereocenters. The second kappa shape index (κ2) is 5.90. The van der Waals surface area contributed by atoms with Gasteiger partial charge in [0.2, 0.25) is 5.76 Å². The Labute approximate surface area is 143 Å². The summed E-state index contributed by atoms with van der Waals surface area (Å²) in [6.07, 6.45) is 4.77. The minimum absolute atomic E-state index is 0.111. The molecular weight excluding hydrogens is 320 g/mol. The molecule has 1 aromatic carbocycles. The number of carboxylic acid groups (broad SMARTS) is 1. The SMILES string of the molecule is O=C(O)c1cc(-c2ccncc2)c(-c2ccc3c(c2)CCC3=NO)o1. The highest BCUT2D eigenvalue weighted by Crippen LogP contribution is 2.37. The number of rotatable bonds is 3. The minimum Gasteiger partial charge on any atom is -0.475 e. The Hall–Kier alpha value is -3.41. The molecule has 0 bridgehead atoms. The quantitative estimate of drug-likeness (QED) is 0.560. The molecule has 0 aliphatic heterocycles. The maximum Gasteiger partial charge on any atom is 0.371 e. The van der Waals surface area contributed by atoms with E-state index < -0.39 is 5.97 Å². The van der Waals surface area contributed by atoms with E-state index in [0.29, 0.717) is 23.5 Å². The lowest BCUT2D eigenvalue weighted by Gasteiger charge is -2.06. The third-order valence-corrected chi connectivity index (χ3v) is 4.36. The van der Waals surface area contributed by atoms with E-state index in [1.165, 1.54) is 6.07 Å². The van der Waals surface area contributed by atoms with Crippen molar-refractivity contribution < 1.29 is 19.5 Å². The molecule has 0 saturated heterocycles. The molecule has 0 radical (unpaired) electrons. The molecule has 0 fully saturated rings. The Kier molecular flexibility index (Phi) is 3.57. The summed E-state index contributed by atoms with van der Waals surface area (Å²) in [6, 6.07) is 10.8. The van der Waals surface area contributed by atoms with Crippen LogP contribution in [-0.4, -0.2) is 27.0 Å². The molecule has 2 heterocycles. The fourth-order valence-corrected chi connectivity index (χ4v) is 3.17. The maximum absolute atomic E-state index is 11.3. The van der Waals surface area contributed by atoms with Crippen molar-refractivity contribution >= 4 is 11.7 Å². The summed E-state index contributed by atoms with van der Waals surface area (Å²) < 4.78 is 5.63. The van der Waals surface area contributed by atoms with Gasteiger partial charge in [0.25, 0.3) is 0 Å². The molecule has 3 aromatic rings. The van der Waals surface area contributed by atoms with Crippen LogP contribution in [0, 0.1) is 0 Å². The second-order valence-electron chi connectivity index (χ2n) is 5.81. The van der Waals surface area contributed by atoms with Crippen LogP contribution in [0.25, 0.3) is 22.5 Å². The zero-order valence-electron chi connectivity index (χ0n) is 13.1. The van der Waals surface area contributed by atoms with E-state index in [0.717, 1.165) is 28.7 Å². The van der Waals surface area contributed by atoms with E-state index in [-0.39, 0.29) is 5.76 Å². The summed E-state index contributed by atoms with van der Waals surface area (Å²) in [5, 5.41) is 21.7. The van der Waals surface area contributed by atoms with E-state index in [1.54, 1.807) is 12.4 Å². The summed E-state index contributed by atoms with van der Waals surface area (Å²) in [6.45, 7) is 0. The molecule has 0 amide bonds. The van der Waals surface area contributed by atoms with E-state index in [9.17, 15) is 9.90 Å². The van der Waals surface area contributed by atoms with Crippen LogP contribution in [0.1, 0.15) is 28.1 Å². The number of carbonyl (C=O) groups is 1. The van der Waals surface area contributed by atoms with E-state index >= 15 is 0 Å². The monoisotopic (exact) mass is 334 g/mol. The number of benzene rings is 1. The van der Waals surface area contributed by atoms with Gasteiger partial charge in [-0.2, -0.15) is 0 Å². The van der Waals surface area contributed by atoms with Crippen LogP contribution in [0.2, 0.25) is 0 Å². The van der Waals surface area contributed by atoms with Crippen molar-refractivity contribution in [3.8, 4) is 22.5 Å². The molecule has 25 heavy (non-hydrogen) atoms. The predicted octanol–water partition coefficient (Wildman–Crippen LogP) is 3.83. The van der Waals surface area contributed by atoms with Gasteiger partial charge >= 0.3 is 5.97 Å². The van der Waals surface area contributed by atoms with Gasteiger partial charge in [0.15, 0.2) is 0 Å². The standard InChI is InChI=1S/C19H14N2O4/c22-19(23)17-10-15(11-5-7-20-8-6-11)18(25-17)13-1-3-14-12(9-13)2-4-16(14)21-24/h1,3,5-10,24H,2,4H2,(H,22,23). The van der Waals surface area contributed by atoms with Gasteiger partial charge in [-0.25, -0.2) is 4.79 Å². The van der Waals surface area contributed by atoms with Gasteiger partial charge in [-0.1, -0.05) is 17.3 Å². The first-order valence-corrected chi connectivity index (χ1v) is 7.79. The largest absolute Gasteiger partial charge is 0.475 e. The maximum atomic E-state index is 11.3. The number of furan rings is 1. The number of hydrogen-bond donors (Lipinski definition) is 2. The summed E-state index contributed by atoms with van der Waals surface area (Å²) >= 11 is 0. The average Bonchev–Trinajstić information content (AvgIpc) is 3.26. The molecule has 0 unspecified atom stereocenters. The van der Waals surface area contributed by atoms with Crippen molar-refractivity contribution in [3.05, 3.63) is 65.7 Å². The zero-order valence-corrected chi connectivity index (χ0v) is 13.1. The Morgan fingerprint density at radius 2 is 1.84 bits per heavy atom. The van der Waals surface area contributed by atoms with Gasteiger partial charge in [-0.05, 0) is 48.2 Å². The molecule has 2 N–H and O–H groups in total. The van der Waals surface area contributed by atoms with Gasteiger partial charge in [0, 0.05) is 29.1 Å². The number of pyridine rings is 1. The van der Waals surface area contributed by atoms with E-state index in [1.807, 2.05) is 30.3 Å². The molecule has 1 aliphatic rings. The van der Waals surface area contributed by atoms with Gasteiger partial charge in [0.05, 0.1) is 5.71 Å². The number of aromatic carboxylic acids is 1. The number of carboxylic acids is 1. The van der Waals surface area contributed by atoms with Crippen molar-refractivity contribution in [2.45, 2.75) is 12.8 Å². The van der Waals surface area contributed by atoms with Crippen molar-refractivity contribution in [1.82, 2.24) is 4.98 Å². The lowest BCUT2D eigenvalue weighted by atomic mass is 9.99. The predicted molar refractivity (Wildman–Crippen MR) is 91.0 cm³/mol. The highest BCUT2D eigenvalue weighted by Gasteiger charge is 2.22. The molecule has 0 saturated carbocycles. The second-order valence-corrected chi connectivity index (χ2v) is 5.81. The Morgan fingerprint density at radius 3 is 2.56 bits per heavy atom. The number of fused-ring (bicyclic) bond motifs is 1. The molecule has 2 aromatic heterocycles. The van der Waals surface area contributed by atoms with Crippen LogP contribution in [0.15, 0.2) is 58.4 Å². The Bertz CT molecular complexity index is 990. The van der Waals surface area contributed by atoms with Crippen molar-refractivity contribution in [1.29, 1.82) is 0 Å². The number of nitrogens with zero attached hydrogens (tertiary/aromatic N) is 2. The van der Waals surface area contributed by atoms with Crippen LogP contribution in [0.5, 0.6) is 0 Å². The fourth-order valence-electron chi connectivity index (χ4n) is 3.17.